The van der Waals surface area contributed by atoms with Crippen LogP contribution < -0.4 is 5.32 Å². The van der Waals surface area contributed by atoms with Crippen molar-refractivity contribution < 1.29 is 14.7 Å². The second-order valence-corrected chi connectivity index (χ2v) is 2.86. The van der Waals surface area contributed by atoms with Crippen molar-refractivity contribution >= 4 is 11.9 Å². The van der Waals surface area contributed by atoms with E-state index in [0.717, 1.165) is 12.8 Å². The van der Waals surface area contributed by atoms with E-state index in [2.05, 4.69) is 5.32 Å². The number of aliphatic carboxylic acids is 1. The third-order valence-corrected chi connectivity index (χ3v) is 1.60. The SMILES string of the molecule is N#CCCCCNC(=O)CCC(=O)O. The zero-order chi connectivity index (χ0) is 10.8. The molecule has 0 aliphatic carbocycles. The van der Waals surface area contributed by atoms with E-state index < -0.39 is 5.97 Å². The van der Waals surface area contributed by atoms with Crippen molar-refractivity contribution in [3.63, 3.8) is 0 Å². The number of nitrogens with zero attached hydrogens (tertiary/aromatic N) is 1. The van der Waals surface area contributed by atoms with Crippen LogP contribution in [0.5, 0.6) is 0 Å². The maximum Gasteiger partial charge on any atom is 0.303 e. The summed E-state index contributed by atoms with van der Waals surface area (Å²) in [4.78, 5) is 21.0. The summed E-state index contributed by atoms with van der Waals surface area (Å²) >= 11 is 0. The van der Waals surface area contributed by atoms with Crippen LogP contribution in [0.1, 0.15) is 32.1 Å². The van der Waals surface area contributed by atoms with Crippen LogP contribution in [0.3, 0.4) is 0 Å². The number of carboxylic acid groups (broad SMARTS) is 1. The lowest BCUT2D eigenvalue weighted by Gasteiger charge is -2.02. The van der Waals surface area contributed by atoms with Gasteiger partial charge >= 0.3 is 5.97 Å². The molecule has 0 spiro atoms. The number of carbonyl (C=O) groups excluding carboxylic acids is 1. The Bertz CT molecular complexity index is 233. The molecule has 0 aromatic carbocycles. The maximum absolute atomic E-state index is 10.9. The summed E-state index contributed by atoms with van der Waals surface area (Å²) in [6, 6.07) is 2.01. The van der Waals surface area contributed by atoms with E-state index in [1.165, 1.54) is 0 Å². The number of unbranched alkanes of at least 4 members (excludes halogenated alkanes) is 2. The average molecular weight is 198 g/mol. The largest absolute Gasteiger partial charge is 0.481 e. The van der Waals surface area contributed by atoms with Crippen LogP contribution in [-0.4, -0.2) is 23.5 Å². The van der Waals surface area contributed by atoms with Gasteiger partial charge in [0.05, 0.1) is 12.5 Å². The van der Waals surface area contributed by atoms with Crippen molar-refractivity contribution in [2.45, 2.75) is 32.1 Å². The summed E-state index contributed by atoms with van der Waals surface area (Å²) in [5.41, 5.74) is 0. The van der Waals surface area contributed by atoms with Crippen LogP contribution in [0.15, 0.2) is 0 Å². The molecule has 0 atom stereocenters. The molecule has 0 rings (SSSR count). The molecule has 2 N–H and O–H groups in total. The predicted octanol–water partition coefficient (Wildman–Crippen LogP) is 0.661. The smallest absolute Gasteiger partial charge is 0.303 e. The van der Waals surface area contributed by atoms with Crippen LogP contribution in [-0.2, 0) is 9.59 Å². The first-order valence-corrected chi connectivity index (χ1v) is 4.52. The summed E-state index contributed by atoms with van der Waals surface area (Å²) < 4.78 is 0. The van der Waals surface area contributed by atoms with E-state index in [1.807, 2.05) is 6.07 Å². The minimum atomic E-state index is -0.968. The zero-order valence-electron chi connectivity index (χ0n) is 7.95. The second kappa shape index (κ2) is 8.05. The molecular formula is C9H14N2O3. The maximum atomic E-state index is 10.9. The van der Waals surface area contributed by atoms with E-state index in [-0.39, 0.29) is 18.7 Å². The first kappa shape index (κ1) is 12.4. The number of amides is 1. The molecule has 5 heteroatoms. The van der Waals surface area contributed by atoms with Gasteiger partial charge in [0.2, 0.25) is 5.91 Å². The minimum absolute atomic E-state index is 0.0214. The number of nitrogens with one attached hydrogen (secondary N) is 1. The quantitative estimate of drug-likeness (QED) is 0.588. The van der Waals surface area contributed by atoms with Gasteiger partial charge in [-0.3, -0.25) is 9.59 Å². The molecule has 0 aromatic heterocycles. The molecule has 5 nitrogen and oxygen atoms in total. The molecule has 0 aromatic rings. The van der Waals surface area contributed by atoms with Gasteiger partial charge < -0.3 is 10.4 Å². The van der Waals surface area contributed by atoms with Gasteiger partial charge in [-0.15, -0.1) is 0 Å². The molecule has 14 heavy (non-hydrogen) atoms. The molecule has 0 aliphatic heterocycles. The fourth-order valence-electron chi connectivity index (χ4n) is 0.866. The van der Waals surface area contributed by atoms with E-state index >= 15 is 0 Å². The van der Waals surface area contributed by atoms with E-state index in [1.54, 1.807) is 0 Å². The second-order valence-electron chi connectivity index (χ2n) is 2.86. The number of hydrogen-bond donors (Lipinski definition) is 2. The summed E-state index contributed by atoms with van der Waals surface area (Å²) in [6.07, 6.45) is 1.89. The molecule has 0 radical (unpaired) electrons. The fraction of sp³-hybridized carbons (Fsp3) is 0.667. The topological polar surface area (TPSA) is 90.2 Å². The predicted molar refractivity (Wildman–Crippen MR) is 49.3 cm³/mol. The first-order valence-electron chi connectivity index (χ1n) is 4.52. The number of carboxylic acids is 1. The lowest BCUT2D eigenvalue weighted by molar-refractivity contribution is -0.138. The van der Waals surface area contributed by atoms with E-state index in [9.17, 15) is 9.59 Å². The highest BCUT2D eigenvalue weighted by molar-refractivity contribution is 5.80. The molecule has 0 fully saturated rings. The van der Waals surface area contributed by atoms with Gasteiger partial charge in [-0.25, -0.2) is 0 Å². The van der Waals surface area contributed by atoms with Crippen LogP contribution in [0.25, 0.3) is 0 Å². The Morgan fingerprint density at radius 2 is 2.00 bits per heavy atom. The van der Waals surface area contributed by atoms with Gasteiger partial charge in [0.25, 0.3) is 0 Å². The van der Waals surface area contributed by atoms with Gasteiger partial charge in [0, 0.05) is 19.4 Å². The van der Waals surface area contributed by atoms with Crippen LogP contribution in [0.2, 0.25) is 0 Å². The Morgan fingerprint density at radius 3 is 2.57 bits per heavy atom. The molecular weight excluding hydrogens is 184 g/mol. The van der Waals surface area contributed by atoms with Gasteiger partial charge in [-0.05, 0) is 12.8 Å². The minimum Gasteiger partial charge on any atom is -0.481 e. The highest BCUT2D eigenvalue weighted by atomic mass is 16.4. The van der Waals surface area contributed by atoms with Gasteiger partial charge in [-0.2, -0.15) is 5.26 Å². The Hall–Kier alpha value is -1.57. The highest BCUT2D eigenvalue weighted by Gasteiger charge is 2.03. The molecule has 0 aliphatic rings. The van der Waals surface area contributed by atoms with E-state index in [4.69, 9.17) is 10.4 Å². The number of hydrogen-bond acceptors (Lipinski definition) is 3. The monoisotopic (exact) mass is 198 g/mol. The Labute approximate surface area is 82.7 Å². The van der Waals surface area contributed by atoms with Gasteiger partial charge in [0.15, 0.2) is 0 Å². The van der Waals surface area contributed by atoms with Crippen molar-refractivity contribution in [1.82, 2.24) is 5.32 Å². The summed E-state index contributed by atoms with van der Waals surface area (Å²) in [6.45, 7) is 0.514. The normalized spacial score (nSPS) is 9.07. The van der Waals surface area contributed by atoms with Crippen LogP contribution in [0.4, 0.5) is 0 Å². The molecule has 0 heterocycles. The van der Waals surface area contributed by atoms with Crippen LogP contribution >= 0.6 is 0 Å². The lowest BCUT2D eigenvalue weighted by Crippen LogP contribution is -2.24. The Balaban J connectivity index is 3.28. The van der Waals surface area contributed by atoms with Crippen molar-refractivity contribution in [2.24, 2.45) is 0 Å². The highest BCUT2D eigenvalue weighted by Crippen LogP contribution is 1.93. The van der Waals surface area contributed by atoms with Crippen molar-refractivity contribution in [3.8, 4) is 6.07 Å². The standard InChI is InChI=1S/C9H14N2O3/c10-6-2-1-3-7-11-8(12)4-5-9(13)14/h1-5,7H2,(H,11,12)(H,13,14). The average Bonchev–Trinajstić information content (AvgIpc) is 2.14. The number of carbonyl (C=O) groups is 2. The first-order chi connectivity index (χ1) is 6.66. The molecule has 0 bridgehead atoms. The lowest BCUT2D eigenvalue weighted by atomic mass is 10.2. The molecule has 0 saturated carbocycles. The Kier molecular flexibility index (Phi) is 7.15. The fourth-order valence-corrected chi connectivity index (χ4v) is 0.866. The number of nitriles is 1. The van der Waals surface area contributed by atoms with Crippen LogP contribution in [0, 0.1) is 11.3 Å². The van der Waals surface area contributed by atoms with Gasteiger partial charge in [0.1, 0.15) is 0 Å². The molecule has 0 saturated heterocycles. The van der Waals surface area contributed by atoms with Gasteiger partial charge in [-0.1, -0.05) is 0 Å². The summed E-state index contributed by atoms with van der Waals surface area (Å²) in [5, 5.41) is 19.1. The summed E-state index contributed by atoms with van der Waals surface area (Å²) in [7, 11) is 0. The number of rotatable bonds is 7. The summed E-state index contributed by atoms with van der Waals surface area (Å²) in [5.74, 6) is -1.21. The van der Waals surface area contributed by atoms with E-state index in [0.29, 0.717) is 13.0 Å². The molecule has 0 unspecified atom stereocenters. The van der Waals surface area contributed by atoms with Crippen molar-refractivity contribution in [1.29, 1.82) is 5.26 Å². The Morgan fingerprint density at radius 1 is 1.29 bits per heavy atom. The third-order valence-electron chi connectivity index (χ3n) is 1.60. The molecule has 1 amide bonds. The molecule has 78 valence electrons. The van der Waals surface area contributed by atoms with Crippen molar-refractivity contribution in [2.75, 3.05) is 6.54 Å². The third kappa shape index (κ3) is 8.53. The zero-order valence-corrected chi connectivity index (χ0v) is 7.95. The van der Waals surface area contributed by atoms with Crippen molar-refractivity contribution in [3.05, 3.63) is 0 Å².